The molecule has 0 atom stereocenters. The number of sulfonamides is 1. The lowest BCUT2D eigenvalue weighted by molar-refractivity contribution is -0.385. The minimum Gasteiger partial charge on any atom is -0.379 e. The third-order valence-electron chi connectivity index (χ3n) is 4.06. The van der Waals surface area contributed by atoms with Crippen molar-refractivity contribution in [2.24, 2.45) is 5.10 Å². The molecule has 1 saturated heterocycles. The third kappa shape index (κ3) is 4.32. The van der Waals surface area contributed by atoms with Crippen LogP contribution in [0.15, 0.2) is 52.5 Å². The smallest absolute Gasteiger partial charge is 0.270 e. The van der Waals surface area contributed by atoms with Gasteiger partial charge >= 0.3 is 0 Å². The van der Waals surface area contributed by atoms with Crippen LogP contribution in [0.5, 0.6) is 0 Å². The van der Waals surface area contributed by atoms with Crippen molar-refractivity contribution in [2.45, 2.75) is 4.90 Å². The molecule has 1 aliphatic heterocycles. The molecule has 11 heteroatoms. The average Bonchev–Trinajstić information content (AvgIpc) is 2.70. The summed E-state index contributed by atoms with van der Waals surface area (Å²) in [5.74, 6) is -0.488. The van der Waals surface area contributed by atoms with Gasteiger partial charge in [0.05, 0.1) is 30.0 Å². The highest BCUT2D eigenvalue weighted by atomic mass is 32.2. The van der Waals surface area contributed by atoms with Gasteiger partial charge in [0.15, 0.2) is 0 Å². The molecule has 1 heterocycles. The number of anilines is 1. The van der Waals surface area contributed by atoms with E-state index in [-0.39, 0.29) is 48.1 Å². The number of non-ortho nitro benzene ring substituents is 1. The van der Waals surface area contributed by atoms with E-state index in [1.807, 2.05) is 0 Å². The number of hydrogen-bond acceptors (Lipinski definition) is 7. The highest BCUT2D eigenvalue weighted by Gasteiger charge is 2.30. The molecular formula is C17H17FN4O5S. The molecule has 0 saturated carbocycles. The maximum atomic E-state index is 13.7. The van der Waals surface area contributed by atoms with Gasteiger partial charge < -0.3 is 4.74 Å². The van der Waals surface area contributed by atoms with Gasteiger partial charge in [-0.3, -0.25) is 15.5 Å². The molecule has 0 aliphatic carbocycles. The van der Waals surface area contributed by atoms with Gasteiger partial charge in [-0.05, 0) is 12.1 Å². The van der Waals surface area contributed by atoms with Crippen LogP contribution in [0.1, 0.15) is 5.56 Å². The summed E-state index contributed by atoms with van der Waals surface area (Å²) in [5, 5.41) is 15.0. The van der Waals surface area contributed by atoms with Crippen LogP contribution in [-0.4, -0.2) is 50.2 Å². The standard InChI is InChI=1S/C17H17FN4O5S/c18-15-4-2-1-3-13(15)12-19-20-16-6-5-14(22(23)24)11-17(16)28(25,26)21-7-9-27-10-8-21/h1-6,11-12,20H,7-10H2. The fraction of sp³-hybridized carbons (Fsp3) is 0.235. The van der Waals surface area contributed by atoms with E-state index in [0.29, 0.717) is 0 Å². The number of nitro groups is 1. The summed E-state index contributed by atoms with van der Waals surface area (Å²) in [6.07, 6.45) is 1.20. The Kier molecular flexibility index (Phi) is 5.97. The number of hydrazone groups is 1. The molecule has 0 aromatic heterocycles. The van der Waals surface area contributed by atoms with Crippen LogP contribution in [0.2, 0.25) is 0 Å². The molecular weight excluding hydrogens is 391 g/mol. The number of morpholine rings is 1. The van der Waals surface area contributed by atoms with Gasteiger partial charge in [0, 0.05) is 30.8 Å². The highest BCUT2D eigenvalue weighted by Crippen LogP contribution is 2.29. The van der Waals surface area contributed by atoms with Crippen LogP contribution in [0.3, 0.4) is 0 Å². The van der Waals surface area contributed by atoms with Gasteiger partial charge in [-0.15, -0.1) is 0 Å². The largest absolute Gasteiger partial charge is 0.379 e. The molecule has 1 fully saturated rings. The summed E-state index contributed by atoms with van der Waals surface area (Å²) in [7, 11) is -4.01. The fourth-order valence-electron chi connectivity index (χ4n) is 2.61. The molecule has 28 heavy (non-hydrogen) atoms. The van der Waals surface area contributed by atoms with Crippen molar-refractivity contribution in [1.29, 1.82) is 0 Å². The van der Waals surface area contributed by atoms with Crippen molar-refractivity contribution in [3.8, 4) is 0 Å². The summed E-state index contributed by atoms with van der Waals surface area (Å²) < 4.78 is 45.9. The molecule has 1 N–H and O–H groups in total. The first kappa shape index (κ1) is 19.9. The van der Waals surface area contributed by atoms with E-state index in [2.05, 4.69) is 10.5 Å². The zero-order valence-electron chi connectivity index (χ0n) is 14.6. The lowest BCUT2D eigenvalue weighted by Gasteiger charge is -2.26. The van der Waals surface area contributed by atoms with E-state index in [1.54, 1.807) is 6.07 Å². The molecule has 3 rings (SSSR count). The number of halogens is 1. The number of ether oxygens (including phenoxy) is 1. The second-order valence-electron chi connectivity index (χ2n) is 5.85. The summed E-state index contributed by atoms with van der Waals surface area (Å²) in [4.78, 5) is 10.1. The molecule has 0 amide bonds. The molecule has 0 spiro atoms. The van der Waals surface area contributed by atoms with Gasteiger partial charge in [-0.2, -0.15) is 9.41 Å². The lowest BCUT2D eigenvalue weighted by Crippen LogP contribution is -2.40. The van der Waals surface area contributed by atoms with E-state index in [0.717, 1.165) is 6.07 Å². The molecule has 2 aromatic rings. The van der Waals surface area contributed by atoms with Crippen LogP contribution < -0.4 is 5.43 Å². The second-order valence-corrected chi connectivity index (χ2v) is 7.75. The summed E-state index contributed by atoms with van der Waals surface area (Å²) in [6, 6.07) is 9.33. The Labute approximate surface area is 160 Å². The Hall–Kier alpha value is -2.89. The maximum absolute atomic E-state index is 13.7. The van der Waals surface area contributed by atoms with Gasteiger partial charge in [0.25, 0.3) is 5.69 Å². The van der Waals surface area contributed by atoms with Crippen molar-refractivity contribution in [3.05, 3.63) is 64.0 Å². The predicted octanol–water partition coefficient (Wildman–Crippen LogP) is 2.20. The van der Waals surface area contributed by atoms with Gasteiger partial charge in [-0.1, -0.05) is 18.2 Å². The monoisotopic (exact) mass is 408 g/mol. The van der Waals surface area contributed by atoms with Crippen LogP contribution in [0.4, 0.5) is 15.8 Å². The Balaban J connectivity index is 1.94. The zero-order valence-corrected chi connectivity index (χ0v) is 15.4. The number of nitrogens with one attached hydrogen (secondary N) is 1. The van der Waals surface area contributed by atoms with Crippen LogP contribution >= 0.6 is 0 Å². The van der Waals surface area contributed by atoms with Crippen molar-refractivity contribution in [1.82, 2.24) is 4.31 Å². The Morgan fingerprint density at radius 2 is 1.93 bits per heavy atom. The molecule has 0 unspecified atom stereocenters. The Bertz CT molecular complexity index is 1010. The minimum absolute atomic E-state index is 0.0460. The summed E-state index contributed by atoms with van der Waals surface area (Å²) in [5.41, 5.74) is 2.43. The summed E-state index contributed by atoms with van der Waals surface area (Å²) >= 11 is 0. The molecule has 1 aliphatic rings. The number of benzene rings is 2. The molecule has 0 radical (unpaired) electrons. The average molecular weight is 408 g/mol. The van der Waals surface area contributed by atoms with Crippen LogP contribution in [0, 0.1) is 15.9 Å². The zero-order chi connectivity index (χ0) is 20.1. The SMILES string of the molecule is O=[N+]([O-])c1ccc(NN=Cc2ccccc2F)c(S(=O)(=O)N2CCOCC2)c1. The topological polar surface area (TPSA) is 114 Å². The lowest BCUT2D eigenvalue weighted by atomic mass is 10.2. The van der Waals surface area contributed by atoms with Gasteiger partial charge in [0.1, 0.15) is 10.7 Å². The van der Waals surface area contributed by atoms with E-state index in [9.17, 15) is 22.9 Å². The van der Waals surface area contributed by atoms with Crippen LogP contribution in [-0.2, 0) is 14.8 Å². The number of nitrogens with zero attached hydrogens (tertiary/aromatic N) is 3. The minimum atomic E-state index is -4.01. The Morgan fingerprint density at radius 1 is 1.21 bits per heavy atom. The van der Waals surface area contributed by atoms with Gasteiger partial charge in [-0.25, -0.2) is 12.8 Å². The number of nitro benzene ring substituents is 1. The maximum Gasteiger partial charge on any atom is 0.270 e. The first-order valence-corrected chi connectivity index (χ1v) is 9.73. The van der Waals surface area contributed by atoms with E-state index >= 15 is 0 Å². The van der Waals surface area contributed by atoms with Crippen molar-refractivity contribution >= 4 is 27.6 Å². The highest BCUT2D eigenvalue weighted by molar-refractivity contribution is 7.89. The fourth-order valence-corrected chi connectivity index (χ4v) is 4.18. The van der Waals surface area contributed by atoms with E-state index in [1.165, 1.54) is 40.9 Å². The normalized spacial score (nSPS) is 15.6. The first-order valence-electron chi connectivity index (χ1n) is 8.29. The molecule has 148 valence electrons. The number of hydrogen-bond donors (Lipinski definition) is 1. The summed E-state index contributed by atoms with van der Waals surface area (Å²) in [6.45, 7) is 0.761. The molecule has 0 bridgehead atoms. The molecule has 2 aromatic carbocycles. The molecule has 9 nitrogen and oxygen atoms in total. The quantitative estimate of drug-likeness (QED) is 0.445. The van der Waals surface area contributed by atoms with Crippen molar-refractivity contribution in [2.75, 3.05) is 31.7 Å². The van der Waals surface area contributed by atoms with E-state index in [4.69, 9.17) is 4.74 Å². The number of rotatable bonds is 6. The third-order valence-corrected chi connectivity index (χ3v) is 6.00. The second kappa shape index (κ2) is 8.42. The Morgan fingerprint density at radius 3 is 2.61 bits per heavy atom. The first-order chi connectivity index (χ1) is 13.4. The van der Waals surface area contributed by atoms with Crippen molar-refractivity contribution in [3.63, 3.8) is 0 Å². The van der Waals surface area contributed by atoms with Crippen LogP contribution in [0.25, 0.3) is 0 Å². The van der Waals surface area contributed by atoms with Gasteiger partial charge in [0.2, 0.25) is 10.0 Å². The predicted molar refractivity (Wildman–Crippen MR) is 100 cm³/mol. The van der Waals surface area contributed by atoms with E-state index < -0.39 is 20.8 Å². The van der Waals surface area contributed by atoms with Crippen molar-refractivity contribution < 1.29 is 22.5 Å².